The van der Waals surface area contributed by atoms with Gasteiger partial charge in [-0.15, -0.1) is 24.0 Å². The van der Waals surface area contributed by atoms with Crippen LogP contribution < -0.4 is 10.6 Å². The number of thiophene rings is 1. The number of likely N-dealkylation sites (tertiary alicyclic amines) is 1. The summed E-state index contributed by atoms with van der Waals surface area (Å²) < 4.78 is 5.82. The Balaban J connectivity index is 0.00000261. The molecule has 2 N–H and O–H groups in total. The summed E-state index contributed by atoms with van der Waals surface area (Å²) in [6.07, 6.45) is 6.78. The second-order valence-corrected chi connectivity index (χ2v) is 9.31. The average molecular weight is 525 g/mol. The van der Waals surface area contributed by atoms with Gasteiger partial charge in [0.05, 0.1) is 0 Å². The number of nitrogens with one attached hydrogen (secondary N) is 2. The van der Waals surface area contributed by atoms with Crippen LogP contribution in [-0.4, -0.2) is 67.8 Å². The van der Waals surface area contributed by atoms with E-state index in [0.717, 1.165) is 58.2 Å². The first-order valence-corrected chi connectivity index (χ1v) is 11.7. The van der Waals surface area contributed by atoms with Crippen molar-refractivity contribution in [3.05, 3.63) is 22.4 Å². The van der Waals surface area contributed by atoms with Crippen LogP contribution in [0.1, 0.15) is 31.2 Å². The predicted molar refractivity (Wildman–Crippen MR) is 129 cm³/mol. The largest absolute Gasteiger partial charge is 0.381 e. The van der Waals surface area contributed by atoms with Crippen molar-refractivity contribution in [2.24, 2.45) is 4.99 Å². The fourth-order valence-corrected chi connectivity index (χ4v) is 5.16. The Morgan fingerprint density at radius 3 is 2.70 bits per heavy atom. The van der Waals surface area contributed by atoms with Crippen molar-refractivity contribution < 1.29 is 4.74 Å². The highest BCUT2D eigenvalue weighted by Crippen LogP contribution is 2.32. The molecule has 1 aromatic rings. The molecule has 0 aromatic carbocycles. The second-order valence-electron chi connectivity index (χ2n) is 7.25. The fraction of sp³-hybridized carbons (Fsp3) is 0.737. The first kappa shape index (κ1) is 23.3. The zero-order valence-corrected chi connectivity index (χ0v) is 20.4. The third-order valence-electron chi connectivity index (χ3n) is 5.55. The minimum atomic E-state index is 0. The maximum Gasteiger partial charge on any atom is 0.191 e. The summed E-state index contributed by atoms with van der Waals surface area (Å²) in [7, 11) is 1.87. The van der Waals surface area contributed by atoms with Gasteiger partial charge in [0.1, 0.15) is 0 Å². The first-order valence-electron chi connectivity index (χ1n) is 9.56. The highest BCUT2D eigenvalue weighted by atomic mass is 127. The van der Waals surface area contributed by atoms with Crippen molar-refractivity contribution in [1.82, 2.24) is 15.5 Å². The zero-order valence-electron chi connectivity index (χ0n) is 16.4. The minimum Gasteiger partial charge on any atom is -0.381 e. The van der Waals surface area contributed by atoms with Crippen molar-refractivity contribution in [1.29, 1.82) is 0 Å². The first-order chi connectivity index (χ1) is 12.7. The van der Waals surface area contributed by atoms with Gasteiger partial charge in [-0.25, -0.2) is 0 Å². The van der Waals surface area contributed by atoms with E-state index in [0.29, 0.717) is 6.04 Å². The molecule has 0 bridgehead atoms. The van der Waals surface area contributed by atoms with Gasteiger partial charge in [0.25, 0.3) is 0 Å². The number of hydrogen-bond donors (Lipinski definition) is 2. The van der Waals surface area contributed by atoms with Gasteiger partial charge < -0.3 is 15.4 Å². The Morgan fingerprint density at radius 2 is 2.11 bits per heavy atom. The predicted octanol–water partition coefficient (Wildman–Crippen LogP) is 3.41. The molecular formula is C19H33IN4OS2. The van der Waals surface area contributed by atoms with Crippen molar-refractivity contribution in [2.45, 2.75) is 43.0 Å². The van der Waals surface area contributed by atoms with Crippen LogP contribution >= 0.6 is 47.1 Å². The molecule has 2 fully saturated rings. The molecule has 0 atom stereocenters. The van der Waals surface area contributed by atoms with Crippen molar-refractivity contribution in [3.63, 3.8) is 0 Å². The van der Waals surface area contributed by atoms with Crippen LogP contribution in [0.5, 0.6) is 0 Å². The summed E-state index contributed by atoms with van der Waals surface area (Å²) in [5.41, 5.74) is 1.44. The Bertz CT molecular complexity index is 556. The van der Waals surface area contributed by atoms with Crippen molar-refractivity contribution in [3.8, 4) is 0 Å². The number of hydrogen-bond acceptors (Lipinski definition) is 5. The molecule has 3 rings (SSSR count). The number of guanidine groups is 1. The van der Waals surface area contributed by atoms with Crippen LogP contribution in [-0.2, 0) is 11.3 Å². The standard InChI is InChI=1S/C19H32N4OS2.HI/c1-20-18(21-15-19(25-2)6-10-24-11-7-19)22-17-3-8-23(9-4-17)13-16-5-12-26-14-16;/h5,12,14,17H,3-4,6-11,13,15H2,1-2H3,(H2,20,21,22);1H. The van der Waals surface area contributed by atoms with Gasteiger partial charge in [-0.05, 0) is 54.3 Å². The maximum absolute atomic E-state index is 5.54. The number of halogens is 1. The van der Waals surface area contributed by atoms with E-state index in [-0.39, 0.29) is 28.7 Å². The molecule has 0 aliphatic carbocycles. The third kappa shape index (κ3) is 7.06. The van der Waals surface area contributed by atoms with Crippen LogP contribution in [0.2, 0.25) is 0 Å². The van der Waals surface area contributed by atoms with E-state index < -0.39 is 0 Å². The Labute approximate surface area is 189 Å². The average Bonchev–Trinajstić information content (AvgIpc) is 3.20. The molecule has 0 radical (unpaired) electrons. The fourth-order valence-electron chi connectivity index (χ4n) is 3.71. The summed E-state index contributed by atoms with van der Waals surface area (Å²) in [5.74, 6) is 0.946. The molecule has 154 valence electrons. The van der Waals surface area contributed by atoms with Crippen LogP contribution in [0.3, 0.4) is 0 Å². The summed E-state index contributed by atoms with van der Waals surface area (Å²) >= 11 is 3.75. The molecule has 2 saturated heterocycles. The van der Waals surface area contributed by atoms with E-state index in [2.05, 4.69) is 43.6 Å². The Morgan fingerprint density at radius 1 is 1.37 bits per heavy atom. The lowest BCUT2D eigenvalue weighted by Crippen LogP contribution is -2.52. The van der Waals surface area contributed by atoms with E-state index in [1.165, 1.54) is 18.4 Å². The minimum absolute atomic E-state index is 0. The van der Waals surface area contributed by atoms with Crippen molar-refractivity contribution >= 4 is 53.0 Å². The van der Waals surface area contributed by atoms with Crippen LogP contribution in [0, 0.1) is 0 Å². The molecule has 5 nitrogen and oxygen atoms in total. The monoisotopic (exact) mass is 524 g/mol. The van der Waals surface area contributed by atoms with Gasteiger partial charge in [0.2, 0.25) is 0 Å². The molecule has 0 amide bonds. The van der Waals surface area contributed by atoms with Crippen LogP contribution in [0.15, 0.2) is 21.8 Å². The highest BCUT2D eigenvalue weighted by molar-refractivity contribution is 14.0. The van der Waals surface area contributed by atoms with E-state index >= 15 is 0 Å². The Hall–Kier alpha value is -0.0300. The van der Waals surface area contributed by atoms with Gasteiger partial charge in [-0.1, -0.05) is 0 Å². The van der Waals surface area contributed by atoms with Gasteiger partial charge in [-0.3, -0.25) is 9.89 Å². The molecule has 0 spiro atoms. The summed E-state index contributed by atoms with van der Waals surface area (Å²) in [5, 5.41) is 11.6. The Kier molecular flexibility index (Phi) is 10.2. The molecule has 8 heteroatoms. The van der Waals surface area contributed by atoms with E-state index in [9.17, 15) is 0 Å². The lowest BCUT2D eigenvalue weighted by atomic mass is 9.99. The van der Waals surface area contributed by atoms with Gasteiger partial charge in [-0.2, -0.15) is 23.1 Å². The van der Waals surface area contributed by atoms with Gasteiger partial charge in [0.15, 0.2) is 5.96 Å². The normalized spacial score (nSPS) is 21.5. The summed E-state index contributed by atoms with van der Waals surface area (Å²) in [6, 6.07) is 2.75. The molecular weight excluding hydrogens is 491 g/mol. The topological polar surface area (TPSA) is 48.9 Å². The molecule has 0 saturated carbocycles. The number of ether oxygens (including phenoxy) is 1. The van der Waals surface area contributed by atoms with Gasteiger partial charge in [0, 0.05) is 57.2 Å². The molecule has 27 heavy (non-hydrogen) atoms. The summed E-state index contributed by atoms with van der Waals surface area (Å²) in [6.45, 7) is 6.08. The number of nitrogens with zero attached hydrogens (tertiary/aromatic N) is 2. The SMILES string of the molecule is CN=C(NCC1(SC)CCOCC1)NC1CCN(Cc2ccsc2)CC1.I. The smallest absolute Gasteiger partial charge is 0.191 e. The number of aliphatic imine (C=N–C) groups is 1. The highest BCUT2D eigenvalue weighted by Gasteiger charge is 2.32. The molecule has 0 unspecified atom stereocenters. The van der Waals surface area contributed by atoms with E-state index in [4.69, 9.17) is 4.74 Å². The maximum atomic E-state index is 5.54. The number of piperidine rings is 1. The zero-order chi connectivity index (χ0) is 18.2. The van der Waals surface area contributed by atoms with E-state index in [1.54, 1.807) is 11.3 Å². The van der Waals surface area contributed by atoms with Crippen LogP contribution in [0.4, 0.5) is 0 Å². The van der Waals surface area contributed by atoms with Crippen molar-refractivity contribution in [2.75, 3.05) is 46.2 Å². The number of rotatable bonds is 6. The van der Waals surface area contributed by atoms with Crippen LogP contribution in [0.25, 0.3) is 0 Å². The molecule has 3 heterocycles. The second kappa shape index (κ2) is 11.8. The lowest BCUT2D eigenvalue weighted by molar-refractivity contribution is 0.0782. The molecule has 2 aliphatic heterocycles. The van der Waals surface area contributed by atoms with E-state index in [1.807, 2.05) is 18.8 Å². The summed E-state index contributed by atoms with van der Waals surface area (Å²) in [4.78, 5) is 7.01. The quantitative estimate of drug-likeness (QED) is 0.340. The van der Waals surface area contributed by atoms with Gasteiger partial charge >= 0.3 is 0 Å². The molecule has 1 aromatic heterocycles. The molecule has 2 aliphatic rings. The third-order valence-corrected chi connectivity index (χ3v) is 7.70. The number of thioether (sulfide) groups is 1. The lowest BCUT2D eigenvalue weighted by Gasteiger charge is -2.37.